The maximum Gasteiger partial charge on any atom is 0.100 e. The molecule has 0 unspecified atom stereocenters. The van der Waals surface area contributed by atoms with Crippen LogP contribution in [0.4, 0.5) is 0 Å². The summed E-state index contributed by atoms with van der Waals surface area (Å²) in [6, 6.07) is 0. The summed E-state index contributed by atoms with van der Waals surface area (Å²) in [5.41, 5.74) is 3.13. The topological polar surface area (TPSA) is 15.6 Å². The van der Waals surface area contributed by atoms with Gasteiger partial charge in [-0.25, -0.2) is 0 Å². The van der Waals surface area contributed by atoms with Gasteiger partial charge in [0.2, 0.25) is 0 Å². The largest absolute Gasteiger partial charge is 0.337 e. The van der Waals surface area contributed by atoms with Gasteiger partial charge in [0.1, 0.15) is 5.84 Å². The smallest absolute Gasteiger partial charge is 0.100 e. The minimum atomic E-state index is 0.964. The molecule has 0 atom stereocenters. The predicted molar refractivity (Wildman–Crippen MR) is 51.2 cm³/mol. The lowest BCUT2D eigenvalue weighted by molar-refractivity contribution is 0.501. The molecule has 1 aliphatic carbocycles. The molecule has 0 N–H and O–H groups in total. The molecule has 2 heteroatoms. The summed E-state index contributed by atoms with van der Waals surface area (Å²) in [6.45, 7) is 3.06. The van der Waals surface area contributed by atoms with E-state index in [4.69, 9.17) is 0 Å². The summed E-state index contributed by atoms with van der Waals surface area (Å²) in [6.07, 6.45) is 5.26. The zero-order valence-electron chi connectivity index (χ0n) is 7.93. The first-order chi connectivity index (χ1) is 5.79. The number of aliphatic imine (C=N–C) groups is 1. The van der Waals surface area contributed by atoms with E-state index in [9.17, 15) is 0 Å². The molecule has 0 aromatic carbocycles. The van der Waals surface area contributed by atoms with Crippen LogP contribution in [0.25, 0.3) is 0 Å². The molecule has 0 radical (unpaired) electrons. The highest BCUT2D eigenvalue weighted by atomic mass is 15.2. The second-order valence-corrected chi connectivity index (χ2v) is 3.68. The fraction of sp³-hybridized carbons (Fsp3) is 0.700. The van der Waals surface area contributed by atoms with Crippen LogP contribution in [-0.2, 0) is 0 Å². The van der Waals surface area contributed by atoms with E-state index < -0.39 is 0 Å². The standard InChI is InChI=1S/C10H16N2/c1-8-11-7-9-5-3-4-6-10(9)12(8)2/h3-7H2,1-2H3. The van der Waals surface area contributed by atoms with Crippen molar-refractivity contribution in [3.63, 3.8) is 0 Å². The number of nitrogens with zero attached hydrogens (tertiary/aromatic N) is 2. The van der Waals surface area contributed by atoms with Crippen molar-refractivity contribution in [2.45, 2.75) is 32.6 Å². The van der Waals surface area contributed by atoms with Crippen LogP contribution in [0.15, 0.2) is 16.3 Å². The first-order valence-corrected chi connectivity index (χ1v) is 4.74. The molecule has 0 aromatic rings. The summed E-state index contributed by atoms with van der Waals surface area (Å²) in [7, 11) is 2.14. The van der Waals surface area contributed by atoms with Crippen molar-refractivity contribution in [3.05, 3.63) is 11.3 Å². The molecule has 0 bridgehead atoms. The average molecular weight is 164 g/mol. The van der Waals surface area contributed by atoms with E-state index in [2.05, 4.69) is 23.9 Å². The SMILES string of the molecule is CC1=NCC2=C(CCCC2)N1C. The highest BCUT2D eigenvalue weighted by Crippen LogP contribution is 2.29. The van der Waals surface area contributed by atoms with E-state index in [1.807, 2.05) is 0 Å². The predicted octanol–water partition coefficient (Wildman–Crippen LogP) is 2.18. The number of amidine groups is 1. The summed E-state index contributed by atoms with van der Waals surface area (Å²) in [4.78, 5) is 6.74. The summed E-state index contributed by atoms with van der Waals surface area (Å²) in [5, 5.41) is 0. The van der Waals surface area contributed by atoms with Crippen LogP contribution >= 0.6 is 0 Å². The molecule has 0 amide bonds. The molecular formula is C10H16N2. The van der Waals surface area contributed by atoms with Crippen LogP contribution in [0.3, 0.4) is 0 Å². The van der Waals surface area contributed by atoms with Gasteiger partial charge in [0.05, 0.1) is 6.54 Å². The van der Waals surface area contributed by atoms with E-state index in [1.165, 1.54) is 31.5 Å². The number of hydrogen-bond acceptors (Lipinski definition) is 2. The third-order valence-corrected chi connectivity index (χ3v) is 2.94. The van der Waals surface area contributed by atoms with Crippen molar-refractivity contribution in [1.29, 1.82) is 0 Å². The number of hydrogen-bond donors (Lipinski definition) is 0. The maximum absolute atomic E-state index is 4.48. The van der Waals surface area contributed by atoms with Crippen molar-refractivity contribution >= 4 is 5.84 Å². The van der Waals surface area contributed by atoms with Gasteiger partial charge in [0.25, 0.3) is 0 Å². The lowest BCUT2D eigenvalue weighted by Gasteiger charge is -2.32. The highest BCUT2D eigenvalue weighted by molar-refractivity contribution is 5.82. The van der Waals surface area contributed by atoms with E-state index in [1.54, 1.807) is 11.3 Å². The lowest BCUT2D eigenvalue weighted by atomic mass is 9.94. The zero-order chi connectivity index (χ0) is 8.55. The molecule has 0 aromatic heterocycles. The van der Waals surface area contributed by atoms with Crippen LogP contribution in [0.1, 0.15) is 32.6 Å². The van der Waals surface area contributed by atoms with Gasteiger partial charge in [-0.1, -0.05) is 0 Å². The molecule has 2 aliphatic rings. The van der Waals surface area contributed by atoms with Gasteiger partial charge in [-0.05, 0) is 38.2 Å². The van der Waals surface area contributed by atoms with Gasteiger partial charge in [0.15, 0.2) is 0 Å². The summed E-state index contributed by atoms with van der Waals surface area (Å²) >= 11 is 0. The zero-order valence-corrected chi connectivity index (χ0v) is 7.93. The van der Waals surface area contributed by atoms with Crippen LogP contribution < -0.4 is 0 Å². The first-order valence-electron chi connectivity index (χ1n) is 4.74. The second-order valence-electron chi connectivity index (χ2n) is 3.68. The molecule has 0 saturated heterocycles. The molecule has 1 aliphatic heterocycles. The van der Waals surface area contributed by atoms with Crippen LogP contribution in [0.5, 0.6) is 0 Å². The third-order valence-electron chi connectivity index (χ3n) is 2.94. The molecule has 2 rings (SSSR count). The molecule has 66 valence electrons. The van der Waals surface area contributed by atoms with E-state index in [0.717, 1.165) is 6.54 Å². The normalized spacial score (nSPS) is 23.8. The fourth-order valence-corrected chi connectivity index (χ4v) is 2.04. The summed E-state index contributed by atoms with van der Waals surface area (Å²) < 4.78 is 0. The molecule has 12 heavy (non-hydrogen) atoms. The fourth-order valence-electron chi connectivity index (χ4n) is 2.04. The van der Waals surface area contributed by atoms with Crippen LogP contribution in [-0.4, -0.2) is 24.3 Å². The molecule has 0 fully saturated rings. The van der Waals surface area contributed by atoms with Crippen molar-refractivity contribution in [2.75, 3.05) is 13.6 Å². The maximum atomic E-state index is 4.48. The quantitative estimate of drug-likeness (QED) is 0.536. The van der Waals surface area contributed by atoms with Crippen molar-refractivity contribution in [1.82, 2.24) is 4.90 Å². The van der Waals surface area contributed by atoms with Gasteiger partial charge >= 0.3 is 0 Å². The van der Waals surface area contributed by atoms with Gasteiger partial charge in [-0.2, -0.15) is 0 Å². The van der Waals surface area contributed by atoms with Crippen molar-refractivity contribution in [2.24, 2.45) is 4.99 Å². The van der Waals surface area contributed by atoms with E-state index in [-0.39, 0.29) is 0 Å². The van der Waals surface area contributed by atoms with Gasteiger partial charge < -0.3 is 4.90 Å². The Morgan fingerprint density at radius 3 is 2.83 bits per heavy atom. The second kappa shape index (κ2) is 2.92. The third kappa shape index (κ3) is 1.15. The van der Waals surface area contributed by atoms with Gasteiger partial charge in [0, 0.05) is 12.7 Å². The number of rotatable bonds is 0. The number of allylic oxidation sites excluding steroid dienone is 1. The monoisotopic (exact) mass is 164 g/mol. The molecule has 2 nitrogen and oxygen atoms in total. The van der Waals surface area contributed by atoms with Crippen LogP contribution in [0, 0.1) is 0 Å². The Balaban J connectivity index is 2.26. The molecule has 0 spiro atoms. The van der Waals surface area contributed by atoms with E-state index >= 15 is 0 Å². The molecular weight excluding hydrogens is 148 g/mol. The minimum absolute atomic E-state index is 0.964. The van der Waals surface area contributed by atoms with Crippen molar-refractivity contribution in [3.8, 4) is 0 Å². The Morgan fingerprint density at radius 1 is 1.25 bits per heavy atom. The van der Waals surface area contributed by atoms with Gasteiger partial charge in [-0.3, -0.25) is 4.99 Å². The van der Waals surface area contributed by atoms with Gasteiger partial charge in [-0.15, -0.1) is 0 Å². The summed E-state index contributed by atoms with van der Waals surface area (Å²) in [5.74, 6) is 1.18. The van der Waals surface area contributed by atoms with E-state index in [0.29, 0.717) is 0 Å². The molecule has 0 saturated carbocycles. The Hall–Kier alpha value is -0.790. The Bertz CT molecular complexity index is 251. The minimum Gasteiger partial charge on any atom is -0.337 e. The van der Waals surface area contributed by atoms with Crippen molar-refractivity contribution < 1.29 is 0 Å². The Morgan fingerprint density at radius 2 is 2.00 bits per heavy atom. The highest BCUT2D eigenvalue weighted by Gasteiger charge is 2.20. The van der Waals surface area contributed by atoms with Crippen LogP contribution in [0.2, 0.25) is 0 Å². The molecule has 1 heterocycles. The Kier molecular flexibility index (Phi) is 1.91. The lowest BCUT2D eigenvalue weighted by Crippen LogP contribution is -2.30. The first kappa shape index (κ1) is 7.84. The Labute approximate surface area is 74.0 Å². The average Bonchev–Trinajstić information content (AvgIpc) is 2.12.